The SMILES string of the molecule is CC(C)n1cc(CN[C@@H](C)C23CC4CC(CC(C4)C2)C3)c2ccccc21. The molecule has 0 aliphatic heterocycles. The Balaban J connectivity index is 1.36. The van der Waals surface area contributed by atoms with Gasteiger partial charge in [0.1, 0.15) is 0 Å². The van der Waals surface area contributed by atoms with Gasteiger partial charge in [0, 0.05) is 35.7 Å². The molecule has 1 atom stereocenters. The number of para-hydroxylation sites is 1. The Morgan fingerprint density at radius 2 is 1.62 bits per heavy atom. The predicted molar refractivity (Wildman–Crippen MR) is 109 cm³/mol. The molecule has 0 unspecified atom stereocenters. The standard InChI is InChI=1S/C24H34N2/c1-16(2)26-15-21(22-6-4-5-7-23(22)26)14-25-17(3)24-11-18-8-19(12-24)10-20(9-18)13-24/h4-7,15-20,25H,8-14H2,1-3H3/t17-,18?,19?,20?,24?/m0/s1. The predicted octanol–water partition coefficient (Wildman–Crippen LogP) is 5.92. The van der Waals surface area contributed by atoms with Crippen molar-refractivity contribution < 1.29 is 0 Å². The lowest BCUT2D eigenvalue weighted by Crippen LogP contribution is -2.54. The maximum Gasteiger partial charge on any atom is 0.0486 e. The van der Waals surface area contributed by atoms with Crippen LogP contribution in [0.15, 0.2) is 30.5 Å². The fraction of sp³-hybridized carbons (Fsp3) is 0.667. The molecule has 2 nitrogen and oxygen atoms in total. The smallest absolute Gasteiger partial charge is 0.0486 e. The molecular weight excluding hydrogens is 316 g/mol. The van der Waals surface area contributed by atoms with Crippen LogP contribution in [0.4, 0.5) is 0 Å². The highest BCUT2D eigenvalue weighted by Gasteiger charge is 2.52. The average molecular weight is 351 g/mol. The minimum Gasteiger partial charge on any atom is -0.345 e. The molecule has 0 spiro atoms. The van der Waals surface area contributed by atoms with Gasteiger partial charge in [-0.15, -0.1) is 0 Å². The van der Waals surface area contributed by atoms with Crippen LogP contribution in [0.3, 0.4) is 0 Å². The molecule has 4 aliphatic rings. The third-order valence-electron chi connectivity index (χ3n) is 7.98. The van der Waals surface area contributed by atoms with Gasteiger partial charge < -0.3 is 9.88 Å². The zero-order valence-electron chi connectivity index (χ0n) is 16.7. The van der Waals surface area contributed by atoms with Gasteiger partial charge in [0.2, 0.25) is 0 Å². The quantitative estimate of drug-likeness (QED) is 0.708. The number of hydrogen-bond acceptors (Lipinski definition) is 1. The molecule has 2 heteroatoms. The molecule has 1 N–H and O–H groups in total. The Labute approximate surface area is 158 Å². The van der Waals surface area contributed by atoms with Crippen molar-refractivity contribution in [2.45, 2.75) is 77.9 Å². The second kappa shape index (κ2) is 6.12. The van der Waals surface area contributed by atoms with E-state index >= 15 is 0 Å². The van der Waals surface area contributed by atoms with Gasteiger partial charge >= 0.3 is 0 Å². The number of nitrogens with zero attached hydrogens (tertiary/aromatic N) is 1. The second-order valence-corrected chi connectivity index (χ2v) is 10.1. The van der Waals surface area contributed by atoms with Crippen molar-refractivity contribution in [3.63, 3.8) is 0 Å². The molecule has 1 heterocycles. The molecule has 2 aromatic rings. The Bertz CT molecular complexity index is 764. The molecule has 4 aliphatic carbocycles. The van der Waals surface area contributed by atoms with Crippen molar-refractivity contribution >= 4 is 10.9 Å². The van der Waals surface area contributed by atoms with E-state index in [-0.39, 0.29) is 0 Å². The summed E-state index contributed by atoms with van der Waals surface area (Å²) >= 11 is 0. The third kappa shape index (κ3) is 2.64. The molecular formula is C24H34N2. The van der Waals surface area contributed by atoms with E-state index in [9.17, 15) is 0 Å². The largest absolute Gasteiger partial charge is 0.345 e. The third-order valence-corrected chi connectivity index (χ3v) is 7.98. The van der Waals surface area contributed by atoms with E-state index in [2.05, 4.69) is 61.1 Å². The van der Waals surface area contributed by atoms with E-state index in [0.29, 0.717) is 17.5 Å². The van der Waals surface area contributed by atoms with Crippen molar-refractivity contribution in [3.8, 4) is 0 Å². The summed E-state index contributed by atoms with van der Waals surface area (Å²) in [4.78, 5) is 0. The second-order valence-electron chi connectivity index (χ2n) is 10.1. The zero-order chi connectivity index (χ0) is 17.9. The lowest BCUT2D eigenvalue weighted by atomic mass is 9.48. The summed E-state index contributed by atoms with van der Waals surface area (Å²) in [5.74, 6) is 3.11. The van der Waals surface area contributed by atoms with E-state index in [0.717, 1.165) is 24.3 Å². The van der Waals surface area contributed by atoms with Crippen molar-refractivity contribution in [1.82, 2.24) is 9.88 Å². The van der Waals surface area contributed by atoms with E-state index in [4.69, 9.17) is 0 Å². The number of aromatic nitrogens is 1. The van der Waals surface area contributed by atoms with Crippen LogP contribution < -0.4 is 5.32 Å². The maximum atomic E-state index is 3.99. The molecule has 1 aromatic heterocycles. The molecule has 26 heavy (non-hydrogen) atoms. The topological polar surface area (TPSA) is 17.0 Å². The highest BCUT2D eigenvalue weighted by atomic mass is 15.0. The molecule has 0 saturated heterocycles. The number of benzene rings is 1. The van der Waals surface area contributed by atoms with Crippen LogP contribution in [-0.4, -0.2) is 10.6 Å². The summed E-state index contributed by atoms with van der Waals surface area (Å²) in [5, 5.41) is 5.41. The molecule has 6 rings (SSSR count). The maximum absolute atomic E-state index is 3.99. The van der Waals surface area contributed by atoms with Crippen LogP contribution in [0.1, 0.15) is 70.9 Å². The Kier molecular flexibility index (Phi) is 3.97. The summed E-state index contributed by atoms with van der Waals surface area (Å²) in [6.45, 7) is 8.04. The normalized spacial score (nSPS) is 34.1. The van der Waals surface area contributed by atoms with Gasteiger partial charge in [-0.25, -0.2) is 0 Å². The lowest BCUT2D eigenvalue weighted by Gasteiger charge is -2.59. The fourth-order valence-electron chi connectivity index (χ4n) is 7.03. The van der Waals surface area contributed by atoms with Gasteiger partial charge in [-0.3, -0.25) is 0 Å². The fourth-order valence-corrected chi connectivity index (χ4v) is 7.03. The zero-order valence-corrected chi connectivity index (χ0v) is 16.7. The monoisotopic (exact) mass is 350 g/mol. The van der Waals surface area contributed by atoms with Crippen molar-refractivity contribution in [1.29, 1.82) is 0 Å². The molecule has 140 valence electrons. The summed E-state index contributed by atoms with van der Waals surface area (Å²) in [6, 6.07) is 10.0. The van der Waals surface area contributed by atoms with Crippen molar-refractivity contribution in [2.24, 2.45) is 23.2 Å². The average Bonchev–Trinajstić information content (AvgIpc) is 2.97. The van der Waals surface area contributed by atoms with Gasteiger partial charge in [-0.2, -0.15) is 0 Å². The minimum atomic E-state index is 0.509. The first-order valence-electron chi connectivity index (χ1n) is 10.9. The molecule has 4 bridgehead atoms. The van der Waals surface area contributed by atoms with Crippen LogP contribution in [0.5, 0.6) is 0 Å². The molecule has 1 aromatic carbocycles. The van der Waals surface area contributed by atoms with Gasteiger partial charge in [-0.1, -0.05) is 18.2 Å². The van der Waals surface area contributed by atoms with E-state index in [1.54, 1.807) is 0 Å². The van der Waals surface area contributed by atoms with Gasteiger partial charge in [0.15, 0.2) is 0 Å². The summed E-state index contributed by atoms with van der Waals surface area (Å²) in [7, 11) is 0. The highest BCUT2D eigenvalue weighted by molar-refractivity contribution is 5.84. The van der Waals surface area contributed by atoms with Gasteiger partial charge in [0.25, 0.3) is 0 Å². The number of fused-ring (bicyclic) bond motifs is 1. The Hall–Kier alpha value is -1.28. The van der Waals surface area contributed by atoms with E-state index in [1.165, 1.54) is 55.0 Å². The highest BCUT2D eigenvalue weighted by Crippen LogP contribution is 2.61. The Morgan fingerprint density at radius 3 is 2.23 bits per heavy atom. The summed E-state index contributed by atoms with van der Waals surface area (Å²) in [6.07, 6.45) is 11.5. The lowest BCUT2D eigenvalue weighted by molar-refractivity contribution is -0.0706. The van der Waals surface area contributed by atoms with Gasteiger partial charge in [0.05, 0.1) is 0 Å². The molecule has 0 radical (unpaired) electrons. The van der Waals surface area contributed by atoms with Crippen LogP contribution in [-0.2, 0) is 6.54 Å². The first-order chi connectivity index (χ1) is 12.5. The molecule has 4 saturated carbocycles. The Morgan fingerprint density at radius 1 is 1.00 bits per heavy atom. The van der Waals surface area contributed by atoms with E-state index in [1.807, 2.05) is 0 Å². The van der Waals surface area contributed by atoms with Crippen molar-refractivity contribution in [2.75, 3.05) is 0 Å². The van der Waals surface area contributed by atoms with Crippen LogP contribution in [0.25, 0.3) is 10.9 Å². The number of hydrogen-bond donors (Lipinski definition) is 1. The van der Waals surface area contributed by atoms with Gasteiger partial charge in [-0.05, 0) is 94.1 Å². The number of rotatable bonds is 5. The first kappa shape index (κ1) is 16.9. The molecule has 0 amide bonds. The first-order valence-corrected chi connectivity index (χ1v) is 10.9. The van der Waals surface area contributed by atoms with Crippen LogP contribution >= 0.6 is 0 Å². The van der Waals surface area contributed by atoms with E-state index < -0.39 is 0 Å². The molecule has 4 fully saturated rings. The van der Waals surface area contributed by atoms with Crippen molar-refractivity contribution in [3.05, 3.63) is 36.0 Å². The minimum absolute atomic E-state index is 0.509. The summed E-state index contributed by atoms with van der Waals surface area (Å²) < 4.78 is 2.43. The van der Waals surface area contributed by atoms with Crippen LogP contribution in [0.2, 0.25) is 0 Å². The summed E-state index contributed by atoms with van der Waals surface area (Å²) in [5.41, 5.74) is 3.43. The number of nitrogens with one attached hydrogen (secondary N) is 1. The van der Waals surface area contributed by atoms with Crippen LogP contribution in [0, 0.1) is 23.2 Å².